The molecule has 1 saturated heterocycles. The maximum atomic E-state index is 14.3. The molecule has 0 saturated carbocycles. The fourth-order valence-corrected chi connectivity index (χ4v) is 7.42. The number of hydrogen-bond acceptors (Lipinski definition) is 15. The highest BCUT2D eigenvalue weighted by molar-refractivity contribution is 5.97. The van der Waals surface area contributed by atoms with E-state index in [1.165, 1.54) is 11.8 Å². The topological polar surface area (TPSA) is 571 Å². The molecule has 32 heteroatoms. The average molecular weight is 1050 g/mol. The van der Waals surface area contributed by atoms with Gasteiger partial charge in [-0.05, 0) is 90.0 Å². The summed E-state index contributed by atoms with van der Waals surface area (Å²) in [5.74, 6) is -7.95. The first-order chi connectivity index (χ1) is 35.0. The summed E-state index contributed by atoms with van der Waals surface area (Å²) in [6.45, 7) is 0.409. The Morgan fingerprint density at radius 1 is 0.527 bits per heavy atom. The summed E-state index contributed by atoms with van der Waals surface area (Å²) in [6.07, 6.45) is 2.03. The Morgan fingerprint density at radius 2 is 0.905 bits per heavy atom. The second kappa shape index (κ2) is 35.4. The molecule has 0 aromatic heterocycles. The van der Waals surface area contributed by atoms with Crippen LogP contribution in [0.15, 0.2) is 20.0 Å². The lowest BCUT2D eigenvalue weighted by Gasteiger charge is -2.28. The number of nitrogens with one attached hydrogen (secondary N) is 7. The van der Waals surface area contributed by atoms with Gasteiger partial charge in [0.1, 0.15) is 42.3 Å². The van der Waals surface area contributed by atoms with Crippen molar-refractivity contribution >= 4 is 77.0 Å². The molecule has 0 radical (unpaired) electrons. The molecule has 0 aromatic carbocycles. The molecule has 1 fully saturated rings. The zero-order valence-corrected chi connectivity index (χ0v) is 42.0. The number of guanidine groups is 4. The minimum absolute atomic E-state index is 0.00979. The monoisotopic (exact) mass is 1050 g/mol. The van der Waals surface area contributed by atoms with Gasteiger partial charge < -0.3 is 105 Å². The van der Waals surface area contributed by atoms with E-state index >= 15 is 0 Å². The van der Waals surface area contributed by atoms with Gasteiger partial charge in [-0.2, -0.15) is 0 Å². The van der Waals surface area contributed by atoms with Gasteiger partial charge in [-0.15, -0.1) is 0 Å². The lowest BCUT2D eigenvalue weighted by molar-refractivity contribution is -0.142. The SMILES string of the molecule is CC(=O)N[C@@H](CO)C(=O)N1CCC[C@H]1C(=O)NCC(=O)N[C@@H](CCCN=C(N)N)C(=O)N[C@@H](CCCN=C(N)N)C(=O)N[C@@H](CCCN=C(N)N)C(=O)N[C@@H](CCCN=C(N)N)C(=O)N[C@@H](CCCCN)C(N)=O. The van der Waals surface area contributed by atoms with Gasteiger partial charge in [0.15, 0.2) is 23.8 Å². The van der Waals surface area contributed by atoms with Crippen LogP contribution in [-0.2, 0) is 43.2 Å². The molecule has 1 rings (SSSR count). The number of rotatable bonds is 36. The smallest absolute Gasteiger partial charge is 0.248 e. The van der Waals surface area contributed by atoms with E-state index in [4.69, 9.17) is 57.3 Å². The highest BCUT2D eigenvalue weighted by atomic mass is 16.3. The molecular weight excluding hydrogens is 973 g/mol. The molecule has 1 heterocycles. The summed E-state index contributed by atoms with van der Waals surface area (Å²) >= 11 is 0. The molecule has 0 bridgehead atoms. The largest absolute Gasteiger partial charge is 0.394 e. The van der Waals surface area contributed by atoms with Crippen LogP contribution in [0.5, 0.6) is 0 Å². The van der Waals surface area contributed by atoms with Gasteiger partial charge in [0.25, 0.3) is 0 Å². The van der Waals surface area contributed by atoms with Crippen molar-refractivity contribution < 1.29 is 48.3 Å². The fraction of sp³-hybridized carbons (Fsp3) is 0.690. The second-order valence-corrected chi connectivity index (χ2v) is 17.2. The first-order valence-corrected chi connectivity index (χ1v) is 24.2. The van der Waals surface area contributed by atoms with Crippen LogP contribution in [-0.4, -0.2) is 182 Å². The minimum atomic E-state index is -1.42. The van der Waals surface area contributed by atoms with E-state index in [9.17, 15) is 48.3 Å². The van der Waals surface area contributed by atoms with Gasteiger partial charge >= 0.3 is 0 Å². The van der Waals surface area contributed by atoms with Gasteiger partial charge in [0.05, 0.1) is 13.2 Å². The molecule has 1 aliphatic rings. The van der Waals surface area contributed by atoms with E-state index in [1.54, 1.807) is 0 Å². The number of nitrogens with zero attached hydrogens (tertiary/aromatic N) is 5. The van der Waals surface area contributed by atoms with E-state index in [0.717, 1.165) is 0 Å². The van der Waals surface area contributed by atoms with Crippen molar-refractivity contribution in [1.29, 1.82) is 0 Å². The number of amides is 9. The highest BCUT2D eigenvalue weighted by Gasteiger charge is 2.38. The molecule has 32 nitrogen and oxygen atoms in total. The summed E-state index contributed by atoms with van der Waals surface area (Å²) in [7, 11) is 0. The maximum Gasteiger partial charge on any atom is 0.248 e. The Balaban J connectivity index is 3.51. The molecule has 418 valence electrons. The number of unbranched alkanes of at least 4 members (excludes halogenated alkanes) is 1. The van der Waals surface area contributed by atoms with E-state index < -0.39 is 109 Å². The number of carbonyl (C=O) groups excluding carboxylic acids is 9. The van der Waals surface area contributed by atoms with Crippen molar-refractivity contribution in [2.75, 3.05) is 52.4 Å². The van der Waals surface area contributed by atoms with E-state index in [1.807, 2.05) is 0 Å². The molecule has 1 aliphatic heterocycles. The van der Waals surface area contributed by atoms with Crippen molar-refractivity contribution in [3.8, 4) is 0 Å². The standard InChI is InChI=1S/C42H80N22O10/c1-23(66)58-29(22-65)38(74)64-20-8-14-30(64)37(73)57-21-31(67)59-25(10-4-16-53-39(45)46)33(69)61-27(12-6-18-55-41(49)50)35(71)63-28(13-7-19-56-42(51)52)36(72)62-26(11-5-17-54-40(47)48)34(70)60-24(32(44)68)9-2-3-15-43/h24-30,65H,2-22,43H2,1H3,(H2,44,68)(H,57,73)(H,58,66)(H,59,67)(H,60,70)(H,61,69)(H,62,72)(H,63,71)(H4,45,46,53)(H4,47,48,54)(H4,49,50,55)(H4,51,52,56)/t24-,25-,26-,27-,28-,29-,30-/m0/s1. The number of primary amides is 1. The Labute approximate surface area is 429 Å². The summed E-state index contributed by atoms with van der Waals surface area (Å²) in [4.78, 5) is 137. The average Bonchev–Trinajstić information content (AvgIpc) is 3.83. The predicted octanol–water partition coefficient (Wildman–Crippen LogP) is -9.16. The number of nitrogens with two attached hydrogens (primary N) is 10. The van der Waals surface area contributed by atoms with Crippen LogP contribution >= 0.6 is 0 Å². The molecule has 0 spiro atoms. The molecule has 74 heavy (non-hydrogen) atoms. The summed E-state index contributed by atoms with van der Waals surface area (Å²) < 4.78 is 0. The summed E-state index contributed by atoms with van der Waals surface area (Å²) in [5, 5.41) is 27.5. The third kappa shape index (κ3) is 26.6. The van der Waals surface area contributed by atoms with Gasteiger partial charge in [0, 0.05) is 39.6 Å². The van der Waals surface area contributed by atoms with E-state index in [2.05, 4.69) is 57.2 Å². The normalized spacial score (nSPS) is 15.2. The van der Waals surface area contributed by atoms with Gasteiger partial charge in [0.2, 0.25) is 53.2 Å². The number of aliphatic hydroxyl groups excluding tert-OH is 1. The summed E-state index contributed by atoms with van der Waals surface area (Å²) in [6, 6.07) is -8.92. The number of carbonyl (C=O) groups is 9. The van der Waals surface area contributed by atoms with Crippen LogP contribution in [0.25, 0.3) is 0 Å². The Morgan fingerprint density at radius 3 is 1.26 bits per heavy atom. The van der Waals surface area contributed by atoms with Crippen molar-refractivity contribution in [1.82, 2.24) is 42.1 Å². The molecule has 7 atom stereocenters. The van der Waals surface area contributed by atoms with Crippen LogP contribution in [0.3, 0.4) is 0 Å². The van der Waals surface area contributed by atoms with Crippen LogP contribution in [0.4, 0.5) is 0 Å². The predicted molar refractivity (Wildman–Crippen MR) is 274 cm³/mol. The molecule has 0 aliphatic carbocycles. The maximum absolute atomic E-state index is 14.3. The first kappa shape index (κ1) is 64.2. The van der Waals surface area contributed by atoms with Crippen molar-refractivity contribution in [3.63, 3.8) is 0 Å². The van der Waals surface area contributed by atoms with E-state index in [-0.39, 0.29) is 121 Å². The van der Waals surface area contributed by atoms with Crippen molar-refractivity contribution in [3.05, 3.63) is 0 Å². The van der Waals surface area contributed by atoms with Gasteiger partial charge in [-0.25, -0.2) is 0 Å². The van der Waals surface area contributed by atoms with Crippen LogP contribution in [0.1, 0.15) is 90.4 Å². The Hall–Kier alpha value is -7.77. The first-order valence-electron chi connectivity index (χ1n) is 24.2. The lowest BCUT2D eigenvalue weighted by atomic mass is 10.0. The van der Waals surface area contributed by atoms with E-state index in [0.29, 0.717) is 25.8 Å². The van der Waals surface area contributed by atoms with Gasteiger partial charge in [-0.1, -0.05) is 0 Å². The van der Waals surface area contributed by atoms with Crippen LogP contribution < -0.4 is 94.6 Å². The number of hydrogen-bond donors (Lipinski definition) is 18. The Bertz CT molecular complexity index is 1990. The quantitative estimate of drug-likeness (QED) is 0.0157. The molecular formula is C42H80N22O10. The zero-order chi connectivity index (χ0) is 55.8. The second-order valence-electron chi connectivity index (χ2n) is 17.2. The lowest BCUT2D eigenvalue weighted by Crippen LogP contribution is -2.59. The Kier molecular flexibility index (Phi) is 30.7. The van der Waals surface area contributed by atoms with Crippen molar-refractivity contribution in [2.45, 2.75) is 133 Å². The molecule has 28 N–H and O–H groups in total. The summed E-state index contributed by atoms with van der Waals surface area (Å²) in [5.41, 5.74) is 55.1. The van der Waals surface area contributed by atoms with Crippen LogP contribution in [0.2, 0.25) is 0 Å². The molecule has 0 aromatic rings. The number of likely N-dealkylation sites (tertiary alicyclic amines) is 1. The number of aliphatic hydroxyl groups is 1. The fourth-order valence-electron chi connectivity index (χ4n) is 7.42. The molecule has 9 amide bonds. The minimum Gasteiger partial charge on any atom is -0.394 e. The van der Waals surface area contributed by atoms with Crippen molar-refractivity contribution in [2.24, 2.45) is 77.3 Å². The third-order valence-corrected chi connectivity index (χ3v) is 11.1. The third-order valence-electron chi connectivity index (χ3n) is 11.1. The van der Waals surface area contributed by atoms with Gasteiger partial charge in [-0.3, -0.25) is 63.1 Å². The number of aliphatic imine (C=N–C) groups is 4. The zero-order valence-electron chi connectivity index (χ0n) is 42.0. The molecule has 0 unspecified atom stereocenters. The highest BCUT2D eigenvalue weighted by Crippen LogP contribution is 2.19. The van der Waals surface area contributed by atoms with Crippen LogP contribution in [0, 0.1) is 0 Å².